The lowest BCUT2D eigenvalue weighted by Crippen LogP contribution is -2.59. The van der Waals surface area contributed by atoms with Crippen LogP contribution >= 0.6 is 0 Å². The number of nitrogens with two attached hydrogens (primary N) is 1. The molecular formula is C31H29FN4O3. The largest absolute Gasteiger partial charge is 0.459 e. The standard InChI is InChI=1S/C31H29FN4O3/c1-20-15-24(22-5-7-23(8-6-22)30(38)36-18-31(2,32)19-36)9-11-26(20)27-12-10-25(39-27)17-35-29(37)14-4-21-3-13-28(33)34-16-21/h3-16H,17-19H2,1-2H3,(H2,33,34)(H,35,37)/b14-4+. The summed E-state index contributed by atoms with van der Waals surface area (Å²) in [5.74, 6) is 1.38. The first-order valence-electron chi connectivity index (χ1n) is 12.6. The quantitative estimate of drug-likeness (QED) is 0.315. The molecule has 39 heavy (non-hydrogen) atoms. The monoisotopic (exact) mass is 524 g/mol. The van der Waals surface area contributed by atoms with Crippen LogP contribution in [0, 0.1) is 6.92 Å². The number of anilines is 1. The van der Waals surface area contributed by atoms with Crippen LogP contribution in [0.4, 0.5) is 10.2 Å². The van der Waals surface area contributed by atoms with E-state index in [0.29, 0.717) is 22.9 Å². The van der Waals surface area contributed by atoms with Crippen LogP contribution in [0.25, 0.3) is 28.5 Å². The number of carbonyl (C=O) groups is 2. The zero-order valence-corrected chi connectivity index (χ0v) is 21.8. The maximum absolute atomic E-state index is 13.7. The number of nitrogens with one attached hydrogen (secondary N) is 1. The van der Waals surface area contributed by atoms with E-state index in [2.05, 4.69) is 16.4 Å². The fourth-order valence-electron chi connectivity index (χ4n) is 4.54. The number of likely N-dealkylation sites (tertiary alicyclic amines) is 1. The average Bonchev–Trinajstić information content (AvgIpc) is 3.38. The molecule has 1 fully saturated rings. The Balaban J connectivity index is 1.19. The van der Waals surface area contributed by atoms with Gasteiger partial charge in [-0.1, -0.05) is 30.3 Å². The Morgan fingerprint density at radius 2 is 1.82 bits per heavy atom. The number of nitrogen functional groups attached to an aromatic ring is 1. The number of aromatic nitrogens is 1. The Hall–Kier alpha value is -4.72. The number of hydrogen-bond donors (Lipinski definition) is 2. The number of alkyl halides is 1. The van der Waals surface area contributed by atoms with E-state index in [1.54, 1.807) is 36.5 Å². The van der Waals surface area contributed by atoms with E-state index in [-0.39, 0.29) is 31.4 Å². The van der Waals surface area contributed by atoms with Gasteiger partial charge in [-0.15, -0.1) is 0 Å². The van der Waals surface area contributed by atoms with Crippen LogP contribution in [-0.4, -0.2) is 40.5 Å². The summed E-state index contributed by atoms with van der Waals surface area (Å²) in [5.41, 5.74) is 9.58. The molecule has 0 saturated carbocycles. The maximum atomic E-state index is 13.7. The van der Waals surface area contributed by atoms with Crippen molar-refractivity contribution in [2.75, 3.05) is 18.8 Å². The van der Waals surface area contributed by atoms with Gasteiger partial charge in [0.25, 0.3) is 5.91 Å². The third-order valence-electron chi connectivity index (χ3n) is 6.62. The Morgan fingerprint density at radius 3 is 2.49 bits per heavy atom. The molecule has 7 nitrogen and oxygen atoms in total. The first kappa shape index (κ1) is 25.9. The van der Waals surface area contributed by atoms with Gasteiger partial charge in [0.1, 0.15) is 23.0 Å². The third kappa shape index (κ3) is 6.06. The average molecular weight is 525 g/mol. The molecule has 0 radical (unpaired) electrons. The van der Waals surface area contributed by atoms with Gasteiger partial charge in [0.2, 0.25) is 5.91 Å². The third-order valence-corrected chi connectivity index (χ3v) is 6.62. The molecule has 3 N–H and O–H groups in total. The zero-order valence-electron chi connectivity index (χ0n) is 21.8. The van der Waals surface area contributed by atoms with E-state index >= 15 is 0 Å². The molecule has 2 amide bonds. The van der Waals surface area contributed by atoms with Gasteiger partial charge >= 0.3 is 0 Å². The van der Waals surface area contributed by atoms with Gasteiger partial charge in [-0.25, -0.2) is 9.37 Å². The number of pyridine rings is 1. The summed E-state index contributed by atoms with van der Waals surface area (Å²) >= 11 is 0. The van der Waals surface area contributed by atoms with Crippen molar-refractivity contribution in [2.24, 2.45) is 0 Å². The lowest BCUT2D eigenvalue weighted by atomic mass is 9.96. The molecule has 0 unspecified atom stereocenters. The lowest BCUT2D eigenvalue weighted by molar-refractivity contribution is -0.116. The van der Waals surface area contributed by atoms with E-state index in [0.717, 1.165) is 27.8 Å². The fourth-order valence-corrected chi connectivity index (χ4v) is 4.54. The van der Waals surface area contributed by atoms with Crippen LogP contribution in [0.5, 0.6) is 0 Å². The number of halogens is 1. The minimum absolute atomic E-state index is 0.134. The highest BCUT2D eigenvalue weighted by atomic mass is 19.1. The first-order chi connectivity index (χ1) is 18.7. The van der Waals surface area contributed by atoms with Crippen LogP contribution < -0.4 is 11.1 Å². The van der Waals surface area contributed by atoms with Gasteiger partial charge in [0.05, 0.1) is 19.6 Å². The summed E-state index contributed by atoms with van der Waals surface area (Å²) < 4.78 is 19.7. The van der Waals surface area contributed by atoms with Crippen LogP contribution in [-0.2, 0) is 11.3 Å². The maximum Gasteiger partial charge on any atom is 0.254 e. The highest BCUT2D eigenvalue weighted by molar-refractivity contribution is 5.95. The molecule has 1 aliphatic heterocycles. The molecule has 0 bridgehead atoms. The predicted octanol–water partition coefficient (Wildman–Crippen LogP) is 5.41. The van der Waals surface area contributed by atoms with Crippen molar-refractivity contribution in [1.29, 1.82) is 0 Å². The number of amides is 2. The normalized spacial score (nSPS) is 14.3. The Morgan fingerprint density at radius 1 is 1.08 bits per heavy atom. The Labute approximate surface area is 226 Å². The zero-order chi connectivity index (χ0) is 27.6. The van der Waals surface area contributed by atoms with Crippen LogP contribution in [0.15, 0.2) is 83.4 Å². The molecule has 0 spiro atoms. The minimum Gasteiger partial charge on any atom is -0.459 e. The van der Waals surface area contributed by atoms with Gasteiger partial charge in [-0.2, -0.15) is 0 Å². The van der Waals surface area contributed by atoms with Crippen LogP contribution in [0.3, 0.4) is 0 Å². The van der Waals surface area contributed by atoms with Crippen molar-refractivity contribution in [3.05, 3.63) is 101 Å². The van der Waals surface area contributed by atoms with Crippen molar-refractivity contribution >= 4 is 23.7 Å². The molecule has 198 valence electrons. The smallest absolute Gasteiger partial charge is 0.254 e. The highest BCUT2D eigenvalue weighted by Crippen LogP contribution is 2.31. The number of furan rings is 1. The van der Waals surface area contributed by atoms with Crippen molar-refractivity contribution < 1.29 is 18.4 Å². The van der Waals surface area contributed by atoms with Crippen molar-refractivity contribution in [3.8, 4) is 22.5 Å². The van der Waals surface area contributed by atoms with E-state index < -0.39 is 5.67 Å². The number of carbonyl (C=O) groups excluding carboxylic acids is 2. The Kier molecular flexibility index (Phi) is 7.02. The molecule has 5 rings (SSSR count). The van der Waals surface area contributed by atoms with Gasteiger partial charge in [0, 0.05) is 23.4 Å². The number of nitrogens with zero attached hydrogens (tertiary/aromatic N) is 2. The SMILES string of the molecule is Cc1cc(-c2ccc(C(=O)N3CC(C)(F)C3)cc2)ccc1-c1ccc(CNC(=O)/C=C/c2ccc(N)nc2)o1. The van der Waals surface area contributed by atoms with Gasteiger partial charge in [-0.05, 0) is 78.6 Å². The molecule has 4 aromatic rings. The van der Waals surface area contributed by atoms with E-state index in [9.17, 15) is 14.0 Å². The second-order valence-corrected chi connectivity index (χ2v) is 10.0. The van der Waals surface area contributed by atoms with Gasteiger partial charge in [0.15, 0.2) is 0 Å². The topological polar surface area (TPSA) is 101 Å². The molecule has 2 aromatic carbocycles. The van der Waals surface area contributed by atoms with Gasteiger partial charge < -0.3 is 20.4 Å². The van der Waals surface area contributed by atoms with E-state index in [4.69, 9.17) is 10.2 Å². The first-order valence-corrected chi connectivity index (χ1v) is 12.6. The molecule has 1 aliphatic rings. The van der Waals surface area contributed by atoms with Crippen molar-refractivity contribution in [1.82, 2.24) is 15.2 Å². The number of aryl methyl sites for hydroxylation is 1. The second kappa shape index (κ2) is 10.6. The van der Waals surface area contributed by atoms with Crippen molar-refractivity contribution in [3.63, 3.8) is 0 Å². The summed E-state index contributed by atoms with van der Waals surface area (Å²) in [6.07, 6.45) is 4.70. The summed E-state index contributed by atoms with van der Waals surface area (Å²) in [6, 6.07) is 20.6. The van der Waals surface area contributed by atoms with Gasteiger partial charge in [-0.3, -0.25) is 9.59 Å². The number of rotatable bonds is 7. The molecule has 8 heteroatoms. The summed E-state index contributed by atoms with van der Waals surface area (Å²) in [6.45, 7) is 4.04. The minimum atomic E-state index is -1.29. The predicted molar refractivity (Wildman–Crippen MR) is 149 cm³/mol. The number of hydrogen-bond acceptors (Lipinski definition) is 5. The van der Waals surface area contributed by atoms with E-state index in [1.807, 2.05) is 43.3 Å². The summed E-state index contributed by atoms with van der Waals surface area (Å²) in [4.78, 5) is 30.2. The molecule has 1 saturated heterocycles. The lowest BCUT2D eigenvalue weighted by Gasteiger charge is -2.42. The highest BCUT2D eigenvalue weighted by Gasteiger charge is 2.41. The molecule has 0 aliphatic carbocycles. The molecule has 0 atom stereocenters. The Bertz CT molecular complexity index is 1530. The van der Waals surface area contributed by atoms with Crippen molar-refractivity contribution in [2.45, 2.75) is 26.1 Å². The summed E-state index contributed by atoms with van der Waals surface area (Å²) in [5, 5.41) is 2.81. The molecular weight excluding hydrogens is 495 g/mol. The molecule has 2 aromatic heterocycles. The van der Waals surface area contributed by atoms with E-state index in [1.165, 1.54) is 17.9 Å². The summed E-state index contributed by atoms with van der Waals surface area (Å²) in [7, 11) is 0. The number of benzene rings is 2. The van der Waals surface area contributed by atoms with Crippen LogP contribution in [0.1, 0.15) is 34.2 Å². The molecule has 3 heterocycles. The fraction of sp³-hybridized carbons (Fsp3) is 0.194. The van der Waals surface area contributed by atoms with Crippen LogP contribution in [0.2, 0.25) is 0 Å². The second-order valence-electron chi connectivity index (χ2n) is 10.0.